The Morgan fingerprint density at radius 1 is 1.06 bits per heavy atom. The summed E-state index contributed by atoms with van der Waals surface area (Å²) in [6.07, 6.45) is 5.58. The minimum absolute atomic E-state index is 0.141. The number of pyridine rings is 1. The van der Waals surface area contributed by atoms with E-state index in [1.54, 1.807) is 28.4 Å². The van der Waals surface area contributed by atoms with E-state index in [0.29, 0.717) is 5.76 Å². The van der Waals surface area contributed by atoms with E-state index in [2.05, 4.69) is 72.8 Å². The van der Waals surface area contributed by atoms with E-state index in [0.717, 1.165) is 37.7 Å². The van der Waals surface area contributed by atoms with Crippen LogP contribution in [0.25, 0.3) is 0 Å². The van der Waals surface area contributed by atoms with Crippen molar-refractivity contribution in [1.82, 2.24) is 0 Å². The molecule has 1 aliphatic rings. The molecule has 1 aromatic carbocycles. The lowest BCUT2D eigenvalue weighted by Gasteiger charge is -2.35. The Bertz CT molecular complexity index is 1250. The maximum absolute atomic E-state index is 12.9. The Balaban J connectivity index is 1.42. The third-order valence-corrected chi connectivity index (χ3v) is 8.20. The molecular formula is C28H33N4O2S+3. The SMILES string of the molecule is Cc1sc(NC(=O)c2ccco2)c(C(c2ccc[nH+]c2)[NH+]2CC[NH+](Cc3ccccc3)CC2)c1C. The second-order valence-electron chi connectivity index (χ2n) is 9.30. The van der Waals surface area contributed by atoms with E-state index in [1.165, 1.54) is 38.3 Å². The van der Waals surface area contributed by atoms with Gasteiger partial charge in [0.15, 0.2) is 18.2 Å². The van der Waals surface area contributed by atoms with Crippen LogP contribution in [-0.2, 0) is 6.54 Å². The number of anilines is 1. The molecule has 0 spiro atoms. The highest BCUT2D eigenvalue weighted by Gasteiger charge is 2.37. The zero-order valence-corrected chi connectivity index (χ0v) is 21.1. The number of benzene rings is 1. The van der Waals surface area contributed by atoms with Gasteiger partial charge < -0.3 is 19.5 Å². The number of hydrogen-bond donors (Lipinski definition) is 3. The number of aromatic amines is 1. The molecule has 0 radical (unpaired) electrons. The van der Waals surface area contributed by atoms with Crippen LogP contribution >= 0.6 is 11.3 Å². The summed E-state index contributed by atoms with van der Waals surface area (Å²) in [6, 6.07) is 18.6. The predicted octanol–water partition coefficient (Wildman–Crippen LogP) is 2.10. The number of amides is 1. The summed E-state index contributed by atoms with van der Waals surface area (Å²) in [5.41, 5.74) is 5.11. The number of thiophene rings is 1. The van der Waals surface area contributed by atoms with E-state index in [4.69, 9.17) is 4.42 Å². The molecule has 1 atom stereocenters. The van der Waals surface area contributed by atoms with Crippen LogP contribution in [-0.4, -0.2) is 32.1 Å². The minimum Gasteiger partial charge on any atom is -0.459 e. The van der Waals surface area contributed by atoms with E-state index in [1.807, 2.05) is 6.20 Å². The van der Waals surface area contributed by atoms with Crippen molar-refractivity contribution in [3.05, 3.63) is 106 Å². The molecular weight excluding hydrogens is 456 g/mol. The third-order valence-electron chi connectivity index (χ3n) is 7.06. The monoisotopic (exact) mass is 489 g/mol. The standard InChI is InChI=1S/C28H30N4O2S/c1-20-21(2)35-28(30-27(33)24-11-7-17-34-24)25(20)26(23-10-6-12-29-18-23)32-15-13-31(14-16-32)19-22-8-4-3-5-9-22/h3-12,17-18,26H,13-16,19H2,1-2H3,(H,30,33)/p+3. The van der Waals surface area contributed by atoms with Crippen molar-refractivity contribution < 1.29 is 24.0 Å². The van der Waals surface area contributed by atoms with Gasteiger partial charge in [-0.3, -0.25) is 4.79 Å². The lowest BCUT2D eigenvalue weighted by molar-refractivity contribution is -1.03. The van der Waals surface area contributed by atoms with Crippen LogP contribution < -0.4 is 20.1 Å². The van der Waals surface area contributed by atoms with Gasteiger partial charge in [-0.25, -0.2) is 4.98 Å². The molecule has 7 heteroatoms. The molecule has 0 bridgehead atoms. The highest BCUT2D eigenvalue weighted by molar-refractivity contribution is 7.16. The largest absolute Gasteiger partial charge is 0.459 e. The molecule has 35 heavy (non-hydrogen) atoms. The Morgan fingerprint density at radius 3 is 2.54 bits per heavy atom. The van der Waals surface area contributed by atoms with E-state index in [-0.39, 0.29) is 11.9 Å². The summed E-state index contributed by atoms with van der Waals surface area (Å²) in [7, 11) is 0. The van der Waals surface area contributed by atoms with Gasteiger partial charge in [0.25, 0.3) is 5.91 Å². The highest BCUT2D eigenvalue weighted by atomic mass is 32.1. The lowest BCUT2D eigenvalue weighted by Crippen LogP contribution is -3.27. The Morgan fingerprint density at radius 2 is 1.86 bits per heavy atom. The number of carbonyl (C=O) groups excluding carboxylic acids is 1. The number of H-pyrrole nitrogens is 1. The summed E-state index contributed by atoms with van der Waals surface area (Å²) in [5, 5.41) is 4.08. The summed E-state index contributed by atoms with van der Waals surface area (Å²) < 4.78 is 5.35. The van der Waals surface area contributed by atoms with Gasteiger partial charge in [0.05, 0.1) is 17.4 Å². The van der Waals surface area contributed by atoms with Crippen LogP contribution in [0.5, 0.6) is 0 Å². The smallest absolute Gasteiger partial charge is 0.291 e. The lowest BCUT2D eigenvalue weighted by atomic mass is 9.95. The zero-order valence-electron chi connectivity index (χ0n) is 20.3. The summed E-state index contributed by atoms with van der Waals surface area (Å²) in [6.45, 7) is 9.76. The maximum atomic E-state index is 12.9. The van der Waals surface area contributed by atoms with Crippen LogP contribution in [0.2, 0.25) is 0 Å². The maximum Gasteiger partial charge on any atom is 0.291 e. The first kappa shape index (κ1) is 23.5. The summed E-state index contributed by atoms with van der Waals surface area (Å²) in [4.78, 5) is 20.6. The van der Waals surface area contributed by atoms with E-state index in [9.17, 15) is 4.79 Å². The number of hydrogen-bond acceptors (Lipinski definition) is 3. The molecule has 180 valence electrons. The van der Waals surface area contributed by atoms with Crippen molar-refractivity contribution in [2.75, 3.05) is 31.5 Å². The molecule has 1 aliphatic heterocycles. The average Bonchev–Trinajstić information content (AvgIpc) is 3.52. The van der Waals surface area contributed by atoms with Crippen LogP contribution in [0, 0.1) is 13.8 Å². The number of piperazine rings is 1. The molecule has 1 saturated heterocycles. The molecule has 1 unspecified atom stereocenters. The Kier molecular flexibility index (Phi) is 7.08. The average molecular weight is 490 g/mol. The van der Waals surface area contributed by atoms with Crippen molar-refractivity contribution >= 4 is 22.2 Å². The second-order valence-corrected chi connectivity index (χ2v) is 10.5. The molecule has 1 amide bonds. The molecule has 0 aliphatic carbocycles. The fourth-order valence-corrected chi connectivity index (χ4v) is 6.22. The van der Waals surface area contributed by atoms with E-state index < -0.39 is 0 Å². The predicted molar refractivity (Wildman–Crippen MR) is 137 cm³/mol. The molecule has 0 saturated carbocycles. The molecule has 3 aromatic heterocycles. The van der Waals surface area contributed by atoms with Crippen molar-refractivity contribution in [1.29, 1.82) is 0 Å². The first-order chi connectivity index (χ1) is 17.1. The number of aryl methyl sites for hydroxylation is 1. The summed E-state index contributed by atoms with van der Waals surface area (Å²) >= 11 is 1.65. The fourth-order valence-electron chi connectivity index (χ4n) is 5.13. The number of furan rings is 1. The molecule has 4 N–H and O–H groups in total. The topological polar surface area (TPSA) is 65.3 Å². The quantitative estimate of drug-likeness (QED) is 0.372. The number of rotatable bonds is 7. The van der Waals surface area contributed by atoms with Gasteiger partial charge in [-0.1, -0.05) is 30.3 Å². The van der Waals surface area contributed by atoms with Gasteiger partial charge in [0.2, 0.25) is 0 Å². The van der Waals surface area contributed by atoms with Gasteiger partial charge in [-0.2, -0.15) is 0 Å². The van der Waals surface area contributed by atoms with Crippen LogP contribution in [0.4, 0.5) is 5.00 Å². The van der Waals surface area contributed by atoms with Crippen molar-refractivity contribution in [3.63, 3.8) is 0 Å². The first-order valence-electron chi connectivity index (χ1n) is 12.2. The molecule has 1 fully saturated rings. The van der Waals surface area contributed by atoms with Crippen LogP contribution in [0.15, 0.2) is 77.7 Å². The number of nitrogens with one attached hydrogen (secondary N) is 4. The molecule has 6 nitrogen and oxygen atoms in total. The molecule has 5 rings (SSSR count). The van der Waals surface area contributed by atoms with Gasteiger partial charge in [0.1, 0.15) is 43.8 Å². The first-order valence-corrected chi connectivity index (χ1v) is 13.0. The molecule has 4 heterocycles. The van der Waals surface area contributed by atoms with Gasteiger partial charge >= 0.3 is 0 Å². The second kappa shape index (κ2) is 10.6. The van der Waals surface area contributed by atoms with E-state index >= 15 is 0 Å². The minimum atomic E-state index is -0.206. The summed E-state index contributed by atoms with van der Waals surface area (Å²) in [5.74, 6) is 0.123. The van der Waals surface area contributed by atoms with Crippen LogP contribution in [0.3, 0.4) is 0 Å². The number of quaternary nitrogens is 2. The normalized spacial score (nSPS) is 18.8. The Hall–Kier alpha value is -3.26. The van der Waals surface area contributed by atoms with Crippen LogP contribution in [0.1, 0.15) is 43.7 Å². The number of carbonyl (C=O) groups is 1. The van der Waals surface area contributed by atoms with Crippen molar-refractivity contribution in [3.8, 4) is 0 Å². The van der Waals surface area contributed by atoms with Gasteiger partial charge in [-0.05, 0) is 37.6 Å². The third kappa shape index (κ3) is 5.22. The molecule has 4 aromatic rings. The van der Waals surface area contributed by atoms with Crippen molar-refractivity contribution in [2.45, 2.75) is 26.4 Å². The highest BCUT2D eigenvalue weighted by Crippen LogP contribution is 2.38. The number of aromatic nitrogens is 1. The zero-order chi connectivity index (χ0) is 24.2. The van der Waals surface area contributed by atoms with Gasteiger partial charge in [0, 0.05) is 16.5 Å². The van der Waals surface area contributed by atoms with Crippen molar-refractivity contribution in [2.24, 2.45) is 0 Å². The van der Waals surface area contributed by atoms with Gasteiger partial charge in [-0.15, -0.1) is 11.3 Å². The fraction of sp³-hybridized carbons (Fsp3) is 0.286. The Labute approximate surface area is 210 Å².